The summed E-state index contributed by atoms with van der Waals surface area (Å²) in [7, 11) is 0. The van der Waals surface area contributed by atoms with E-state index in [4.69, 9.17) is 9.78 Å². The molecule has 2 aromatic rings. The molecule has 0 bridgehead atoms. The standard InChI is InChI=1S/C30H42O4/c1-19(2)15-23-11-9-13-25(27(23)17-21(5)6)29(31)33-34-30(32)26-14-10-12-24(16-20(3)4)28(26)18-22(7)8/h9-14,19-22H,15-18H2,1-8H3. The summed E-state index contributed by atoms with van der Waals surface area (Å²) in [6, 6.07) is 11.4. The summed E-state index contributed by atoms with van der Waals surface area (Å²) in [6.45, 7) is 17.1. The Morgan fingerprint density at radius 1 is 0.559 bits per heavy atom. The smallest absolute Gasteiger partial charge is 0.241 e. The van der Waals surface area contributed by atoms with Gasteiger partial charge in [0.25, 0.3) is 0 Å². The third kappa shape index (κ3) is 8.00. The Balaban J connectivity index is 2.28. The van der Waals surface area contributed by atoms with E-state index in [9.17, 15) is 9.59 Å². The van der Waals surface area contributed by atoms with E-state index in [0.29, 0.717) is 34.8 Å². The number of benzene rings is 2. The van der Waals surface area contributed by atoms with Crippen LogP contribution < -0.4 is 0 Å². The molecule has 0 radical (unpaired) electrons. The van der Waals surface area contributed by atoms with Crippen LogP contribution in [0.15, 0.2) is 36.4 Å². The van der Waals surface area contributed by atoms with Crippen LogP contribution in [0.25, 0.3) is 0 Å². The lowest BCUT2D eigenvalue weighted by Crippen LogP contribution is -2.17. The van der Waals surface area contributed by atoms with Crippen molar-refractivity contribution in [1.82, 2.24) is 0 Å². The molecule has 0 aliphatic rings. The first-order valence-electron chi connectivity index (χ1n) is 12.6. The summed E-state index contributed by atoms with van der Waals surface area (Å²) >= 11 is 0. The summed E-state index contributed by atoms with van der Waals surface area (Å²) < 4.78 is 0. The molecular formula is C30H42O4. The number of rotatable bonds is 10. The first-order valence-corrected chi connectivity index (χ1v) is 12.6. The minimum atomic E-state index is -0.627. The van der Waals surface area contributed by atoms with Crippen LogP contribution in [0.3, 0.4) is 0 Å². The Morgan fingerprint density at radius 2 is 0.882 bits per heavy atom. The zero-order chi connectivity index (χ0) is 25.4. The van der Waals surface area contributed by atoms with Gasteiger partial charge in [-0.15, -0.1) is 0 Å². The zero-order valence-corrected chi connectivity index (χ0v) is 22.2. The Morgan fingerprint density at radius 3 is 1.18 bits per heavy atom. The van der Waals surface area contributed by atoms with Gasteiger partial charge in [-0.3, -0.25) is 0 Å². The fourth-order valence-corrected chi connectivity index (χ4v) is 4.38. The second kappa shape index (κ2) is 12.7. The molecule has 4 nitrogen and oxygen atoms in total. The molecule has 0 saturated heterocycles. The van der Waals surface area contributed by atoms with Crippen LogP contribution in [-0.2, 0) is 35.5 Å². The molecule has 34 heavy (non-hydrogen) atoms. The van der Waals surface area contributed by atoms with Gasteiger partial charge in [0.05, 0.1) is 11.1 Å². The van der Waals surface area contributed by atoms with Crippen LogP contribution in [0.5, 0.6) is 0 Å². The molecule has 0 atom stereocenters. The number of hydrogen-bond donors (Lipinski definition) is 0. The fourth-order valence-electron chi connectivity index (χ4n) is 4.38. The maximum atomic E-state index is 13.0. The first kappa shape index (κ1) is 27.6. The van der Waals surface area contributed by atoms with E-state index >= 15 is 0 Å². The average molecular weight is 467 g/mol. The summed E-state index contributed by atoms with van der Waals surface area (Å²) in [5.41, 5.74) is 5.18. The van der Waals surface area contributed by atoms with Crippen molar-refractivity contribution in [3.8, 4) is 0 Å². The van der Waals surface area contributed by atoms with Gasteiger partial charge in [0.15, 0.2) is 0 Å². The first-order chi connectivity index (χ1) is 16.0. The molecular weight excluding hydrogens is 424 g/mol. The number of hydrogen-bond acceptors (Lipinski definition) is 4. The predicted molar refractivity (Wildman–Crippen MR) is 138 cm³/mol. The lowest BCUT2D eigenvalue weighted by Gasteiger charge is -2.18. The Kier molecular flexibility index (Phi) is 10.3. The topological polar surface area (TPSA) is 52.6 Å². The van der Waals surface area contributed by atoms with Gasteiger partial charge in [0.2, 0.25) is 0 Å². The van der Waals surface area contributed by atoms with Crippen LogP contribution in [0.4, 0.5) is 0 Å². The largest absolute Gasteiger partial charge is 0.386 e. The minimum absolute atomic E-state index is 0.379. The van der Waals surface area contributed by atoms with Crippen molar-refractivity contribution < 1.29 is 19.4 Å². The van der Waals surface area contributed by atoms with E-state index in [1.807, 2.05) is 12.1 Å². The Hall–Kier alpha value is -2.62. The maximum absolute atomic E-state index is 13.0. The van der Waals surface area contributed by atoms with Gasteiger partial charge in [-0.1, -0.05) is 79.7 Å². The quantitative estimate of drug-likeness (QED) is 0.270. The molecule has 0 amide bonds. The second-order valence-corrected chi connectivity index (χ2v) is 11.0. The van der Waals surface area contributed by atoms with Crippen LogP contribution in [0.2, 0.25) is 0 Å². The van der Waals surface area contributed by atoms with Gasteiger partial charge in [-0.05, 0) is 83.7 Å². The number of carbonyl (C=O) groups is 2. The summed E-state index contributed by atoms with van der Waals surface area (Å²) in [5.74, 6) is 0.436. The van der Waals surface area contributed by atoms with E-state index in [2.05, 4.69) is 67.5 Å². The van der Waals surface area contributed by atoms with E-state index < -0.39 is 11.9 Å². The molecule has 4 heteroatoms. The van der Waals surface area contributed by atoms with Crippen molar-refractivity contribution >= 4 is 11.9 Å². The van der Waals surface area contributed by atoms with Crippen molar-refractivity contribution in [2.75, 3.05) is 0 Å². The van der Waals surface area contributed by atoms with Gasteiger partial charge < -0.3 is 0 Å². The van der Waals surface area contributed by atoms with Crippen LogP contribution >= 0.6 is 0 Å². The van der Waals surface area contributed by atoms with Gasteiger partial charge in [-0.25, -0.2) is 19.4 Å². The predicted octanol–water partition coefficient (Wildman–Crippen LogP) is 7.41. The van der Waals surface area contributed by atoms with Crippen LogP contribution in [0.1, 0.15) is 98.4 Å². The van der Waals surface area contributed by atoms with Crippen LogP contribution in [0, 0.1) is 23.7 Å². The van der Waals surface area contributed by atoms with Crippen LogP contribution in [-0.4, -0.2) is 11.9 Å². The lowest BCUT2D eigenvalue weighted by molar-refractivity contribution is -0.187. The average Bonchev–Trinajstić information content (AvgIpc) is 2.72. The molecule has 0 fully saturated rings. The molecule has 0 aromatic heterocycles. The van der Waals surface area contributed by atoms with Crippen molar-refractivity contribution in [2.24, 2.45) is 23.7 Å². The highest BCUT2D eigenvalue weighted by Gasteiger charge is 2.23. The van der Waals surface area contributed by atoms with E-state index in [1.54, 1.807) is 12.1 Å². The third-order valence-electron chi connectivity index (χ3n) is 5.66. The SMILES string of the molecule is CC(C)Cc1cccc(C(=O)OOC(=O)c2cccc(CC(C)C)c2CC(C)C)c1CC(C)C. The van der Waals surface area contributed by atoms with Gasteiger partial charge in [0, 0.05) is 0 Å². The number of carbonyl (C=O) groups excluding carboxylic acids is 2. The minimum Gasteiger partial charge on any atom is -0.241 e. The summed E-state index contributed by atoms with van der Waals surface area (Å²) in [4.78, 5) is 36.2. The molecule has 2 rings (SSSR count). The highest BCUT2D eigenvalue weighted by Crippen LogP contribution is 2.25. The van der Waals surface area contributed by atoms with Crippen molar-refractivity contribution in [2.45, 2.75) is 81.1 Å². The van der Waals surface area contributed by atoms with Crippen molar-refractivity contribution in [1.29, 1.82) is 0 Å². The zero-order valence-electron chi connectivity index (χ0n) is 22.2. The van der Waals surface area contributed by atoms with Crippen molar-refractivity contribution in [3.05, 3.63) is 69.8 Å². The van der Waals surface area contributed by atoms with E-state index in [0.717, 1.165) is 47.9 Å². The summed E-state index contributed by atoms with van der Waals surface area (Å²) in [5, 5.41) is 0. The molecule has 0 unspecified atom stereocenters. The maximum Gasteiger partial charge on any atom is 0.386 e. The molecule has 0 spiro atoms. The molecule has 0 heterocycles. The lowest BCUT2D eigenvalue weighted by atomic mass is 9.89. The molecule has 0 aliphatic carbocycles. The highest BCUT2D eigenvalue weighted by molar-refractivity contribution is 5.94. The molecule has 2 aromatic carbocycles. The van der Waals surface area contributed by atoms with Gasteiger partial charge in [0.1, 0.15) is 0 Å². The fraction of sp³-hybridized carbons (Fsp3) is 0.533. The highest BCUT2D eigenvalue weighted by atomic mass is 17.2. The van der Waals surface area contributed by atoms with E-state index in [1.165, 1.54) is 0 Å². The van der Waals surface area contributed by atoms with Crippen molar-refractivity contribution in [3.63, 3.8) is 0 Å². The molecule has 0 aliphatic heterocycles. The Labute approximate surface area is 206 Å². The molecule has 0 N–H and O–H groups in total. The molecule has 0 saturated carbocycles. The Bertz CT molecular complexity index is 890. The monoisotopic (exact) mass is 466 g/mol. The van der Waals surface area contributed by atoms with E-state index in [-0.39, 0.29) is 0 Å². The second-order valence-electron chi connectivity index (χ2n) is 11.0. The summed E-state index contributed by atoms with van der Waals surface area (Å²) in [6.07, 6.45) is 3.28. The van der Waals surface area contributed by atoms with Gasteiger partial charge in [-0.2, -0.15) is 0 Å². The molecule has 186 valence electrons. The van der Waals surface area contributed by atoms with Gasteiger partial charge >= 0.3 is 11.9 Å². The third-order valence-corrected chi connectivity index (χ3v) is 5.66. The normalized spacial score (nSPS) is 11.5.